The second kappa shape index (κ2) is 4.11. The van der Waals surface area contributed by atoms with Crippen LogP contribution >= 0.6 is 15.9 Å². The smallest absolute Gasteiger partial charge is 0.120 e. The topological polar surface area (TPSA) is 47.6 Å². The van der Waals surface area contributed by atoms with E-state index in [0.717, 1.165) is 15.8 Å². The molecule has 0 aliphatic heterocycles. The molecule has 12 heavy (non-hydrogen) atoms. The van der Waals surface area contributed by atoms with Gasteiger partial charge in [-0.2, -0.15) is 5.10 Å². The van der Waals surface area contributed by atoms with Gasteiger partial charge in [0, 0.05) is 10.0 Å². The number of methoxy groups -OCH3 is 1. The van der Waals surface area contributed by atoms with Crippen LogP contribution in [0, 0.1) is 0 Å². The van der Waals surface area contributed by atoms with Crippen LogP contribution in [0.4, 0.5) is 0 Å². The number of nitrogens with two attached hydrogens (primary N) is 1. The Morgan fingerprint density at radius 2 is 2.33 bits per heavy atom. The Hall–Kier alpha value is -1.03. The SMILES string of the molecule is COc1ccc(C=NN)c(Br)c1. The summed E-state index contributed by atoms with van der Waals surface area (Å²) in [5.74, 6) is 5.82. The third kappa shape index (κ3) is 1.98. The monoisotopic (exact) mass is 228 g/mol. The minimum absolute atomic E-state index is 0.802. The highest BCUT2D eigenvalue weighted by Crippen LogP contribution is 2.21. The van der Waals surface area contributed by atoms with Crippen LogP contribution in [0.3, 0.4) is 0 Å². The van der Waals surface area contributed by atoms with Crippen LogP contribution in [0.1, 0.15) is 5.56 Å². The molecule has 1 aromatic rings. The zero-order valence-corrected chi connectivity index (χ0v) is 8.21. The van der Waals surface area contributed by atoms with Crippen molar-refractivity contribution in [2.24, 2.45) is 10.9 Å². The van der Waals surface area contributed by atoms with Gasteiger partial charge in [0.1, 0.15) is 5.75 Å². The molecule has 0 aliphatic rings. The summed E-state index contributed by atoms with van der Waals surface area (Å²) in [6, 6.07) is 5.58. The van der Waals surface area contributed by atoms with Gasteiger partial charge in [-0.25, -0.2) is 0 Å². The third-order valence-corrected chi connectivity index (χ3v) is 2.11. The van der Waals surface area contributed by atoms with Crippen molar-refractivity contribution in [1.82, 2.24) is 0 Å². The van der Waals surface area contributed by atoms with Crippen molar-refractivity contribution in [1.29, 1.82) is 0 Å². The maximum Gasteiger partial charge on any atom is 0.120 e. The van der Waals surface area contributed by atoms with Crippen molar-refractivity contribution in [3.8, 4) is 5.75 Å². The zero-order chi connectivity index (χ0) is 8.97. The lowest BCUT2D eigenvalue weighted by atomic mass is 10.2. The Morgan fingerprint density at radius 1 is 1.58 bits per heavy atom. The normalized spacial score (nSPS) is 10.5. The fraction of sp³-hybridized carbons (Fsp3) is 0.125. The molecule has 0 spiro atoms. The van der Waals surface area contributed by atoms with Crippen LogP contribution < -0.4 is 10.6 Å². The number of nitrogens with zero attached hydrogens (tertiary/aromatic N) is 1. The summed E-state index contributed by atoms with van der Waals surface area (Å²) in [4.78, 5) is 0. The van der Waals surface area contributed by atoms with E-state index in [4.69, 9.17) is 10.6 Å². The number of hydrogen-bond acceptors (Lipinski definition) is 3. The highest BCUT2D eigenvalue weighted by Gasteiger charge is 1.98. The van der Waals surface area contributed by atoms with Crippen molar-refractivity contribution in [2.75, 3.05) is 7.11 Å². The van der Waals surface area contributed by atoms with Gasteiger partial charge in [-0.3, -0.25) is 0 Å². The molecule has 3 nitrogen and oxygen atoms in total. The number of hydrazone groups is 1. The highest BCUT2D eigenvalue weighted by atomic mass is 79.9. The molecule has 0 radical (unpaired) electrons. The van der Waals surface area contributed by atoms with E-state index in [-0.39, 0.29) is 0 Å². The van der Waals surface area contributed by atoms with Gasteiger partial charge in [-0.1, -0.05) is 0 Å². The molecule has 0 aliphatic carbocycles. The molecule has 0 saturated carbocycles. The van der Waals surface area contributed by atoms with E-state index in [1.54, 1.807) is 13.3 Å². The number of rotatable bonds is 2. The predicted molar refractivity (Wildman–Crippen MR) is 52.5 cm³/mol. The van der Waals surface area contributed by atoms with Gasteiger partial charge in [0.15, 0.2) is 0 Å². The van der Waals surface area contributed by atoms with Gasteiger partial charge in [-0.15, -0.1) is 0 Å². The van der Waals surface area contributed by atoms with Gasteiger partial charge >= 0.3 is 0 Å². The molecule has 1 rings (SSSR count). The van der Waals surface area contributed by atoms with E-state index in [2.05, 4.69) is 21.0 Å². The van der Waals surface area contributed by atoms with Crippen LogP contribution in [0.15, 0.2) is 27.8 Å². The lowest BCUT2D eigenvalue weighted by Gasteiger charge is -2.01. The Labute approximate surface area is 79.3 Å². The number of benzene rings is 1. The molecule has 0 fully saturated rings. The third-order valence-electron chi connectivity index (χ3n) is 1.42. The Bertz CT molecular complexity index is 299. The molecule has 2 N–H and O–H groups in total. The van der Waals surface area contributed by atoms with E-state index in [1.165, 1.54) is 0 Å². The first-order chi connectivity index (χ1) is 5.77. The van der Waals surface area contributed by atoms with E-state index >= 15 is 0 Å². The lowest BCUT2D eigenvalue weighted by molar-refractivity contribution is 0.414. The Kier molecular flexibility index (Phi) is 3.10. The molecular weight excluding hydrogens is 220 g/mol. The summed E-state index contributed by atoms with van der Waals surface area (Å²) in [6.45, 7) is 0. The number of hydrogen-bond donors (Lipinski definition) is 1. The molecule has 0 unspecified atom stereocenters. The summed E-state index contributed by atoms with van der Waals surface area (Å²) in [6.07, 6.45) is 1.57. The first-order valence-corrected chi connectivity index (χ1v) is 4.14. The lowest BCUT2D eigenvalue weighted by Crippen LogP contribution is -1.89. The van der Waals surface area contributed by atoms with E-state index in [0.29, 0.717) is 0 Å². The molecule has 0 atom stereocenters. The molecule has 4 heteroatoms. The maximum atomic E-state index is 5.02. The van der Waals surface area contributed by atoms with Gasteiger partial charge in [0.05, 0.1) is 13.3 Å². The van der Waals surface area contributed by atoms with E-state index in [1.807, 2.05) is 18.2 Å². The molecule has 0 heterocycles. The standard InChI is InChI=1S/C8H9BrN2O/c1-12-7-3-2-6(5-11-10)8(9)4-7/h2-5H,10H2,1H3. The minimum atomic E-state index is 0.802. The summed E-state index contributed by atoms with van der Waals surface area (Å²) < 4.78 is 5.94. The second-order valence-corrected chi connectivity index (χ2v) is 3.02. The summed E-state index contributed by atoms with van der Waals surface area (Å²) >= 11 is 3.36. The molecule has 0 aromatic heterocycles. The summed E-state index contributed by atoms with van der Waals surface area (Å²) in [5, 5.41) is 3.43. The molecule has 0 saturated heterocycles. The van der Waals surface area contributed by atoms with Gasteiger partial charge in [-0.05, 0) is 34.1 Å². The number of ether oxygens (including phenoxy) is 1. The molecule has 0 amide bonds. The largest absolute Gasteiger partial charge is 0.497 e. The van der Waals surface area contributed by atoms with Gasteiger partial charge in [0.2, 0.25) is 0 Å². The molecular formula is C8H9BrN2O. The predicted octanol–water partition coefficient (Wildman–Crippen LogP) is 1.75. The fourth-order valence-corrected chi connectivity index (χ4v) is 1.28. The molecule has 1 aromatic carbocycles. The van der Waals surface area contributed by atoms with Crippen LogP contribution in [-0.4, -0.2) is 13.3 Å². The van der Waals surface area contributed by atoms with Crippen molar-refractivity contribution < 1.29 is 4.74 Å². The van der Waals surface area contributed by atoms with Crippen LogP contribution in [0.2, 0.25) is 0 Å². The molecule has 64 valence electrons. The first-order valence-electron chi connectivity index (χ1n) is 3.34. The highest BCUT2D eigenvalue weighted by molar-refractivity contribution is 9.10. The van der Waals surface area contributed by atoms with Crippen molar-refractivity contribution in [3.05, 3.63) is 28.2 Å². The van der Waals surface area contributed by atoms with Crippen molar-refractivity contribution in [3.63, 3.8) is 0 Å². The summed E-state index contributed by atoms with van der Waals surface area (Å²) in [5.41, 5.74) is 0.929. The van der Waals surface area contributed by atoms with E-state index < -0.39 is 0 Å². The van der Waals surface area contributed by atoms with Crippen LogP contribution in [0.5, 0.6) is 5.75 Å². The summed E-state index contributed by atoms with van der Waals surface area (Å²) in [7, 11) is 1.62. The minimum Gasteiger partial charge on any atom is -0.497 e. The fourth-order valence-electron chi connectivity index (χ4n) is 0.820. The average molecular weight is 229 g/mol. The first kappa shape index (κ1) is 9.06. The quantitative estimate of drug-likeness (QED) is 0.477. The van der Waals surface area contributed by atoms with Gasteiger partial charge < -0.3 is 10.6 Å². The van der Waals surface area contributed by atoms with Gasteiger partial charge in [0.25, 0.3) is 0 Å². The van der Waals surface area contributed by atoms with Crippen LogP contribution in [0.25, 0.3) is 0 Å². The zero-order valence-electron chi connectivity index (χ0n) is 6.62. The number of halogens is 1. The molecule has 0 bridgehead atoms. The Balaban J connectivity index is 3.03. The van der Waals surface area contributed by atoms with Crippen molar-refractivity contribution >= 4 is 22.1 Å². The second-order valence-electron chi connectivity index (χ2n) is 2.17. The van der Waals surface area contributed by atoms with E-state index in [9.17, 15) is 0 Å². The van der Waals surface area contributed by atoms with Crippen LogP contribution in [-0.2, 0) is 0 Å². The average Bonchev–Trinajstić information content (AvgIpc) is 2.09. The van der Waals surface area contributed by atoms with Crippen molar-refractivity contribution in [2.45, 2.75) is 0 Å². The maximum absolute atomic E-state index is 5.02. The Morgan fingerprint density at radius 3 is 2.83 bits per heavy atom.